The predicted molar refractivity (Wildman–Crippen MR) is 77.0 cm³/mol. The first-order valence-electron chi connectivity index (χ1n) is 6.94. The number of hydrogen-bond donors (Lipinski definition) is 0. The second kappa shape index (κ2) is 5.68. The smallest absolute Gasteiger partial charge is 0.0728 e. The van der Waals surface area contributed by atoms with E-state index in [1.165, 1.54) is 36.9 Å². The van der Waals surface area contributed by atoms with E-state index in [1.807, 2.05) is 6.20 Å². The van der Waals surface area contributed by atoms with Crippen LogP contribution in [0.2, 0.25) is 0 Å². The standard InChI is InChI=1S/C16H20N2O/c1-19-12-14-9-15-8-13(4-5-16(15)17-10-14)11-18-6-2-3-7-18/h4-5,8-10H,2-3,6-7,11-12H2,1H3. The van der Waals surface area contributed by atoms with Gasteiger partial charge in [0.05, 0.1) is 12.1 Å². The molecule has 0 amide bonds. The van der Waals surface area contributed by atoms with Gasteiger partial charge in [-0.1, -0.05) is 6.07 Å². The van der Waals surface area contributed by atoms with E-state index in [0.29, 0.717) is 6.61 Å². The molecule has 1 aromatic heterocycles. The van der Waals surface area contributed by atoms with Gasteiger partial charge in [-0.2, -0.15) is 0 Å². The molecule has 0 atom stereocenters. The molecule has 2 heterocycles. The Morgan fingerprint density at radius 3 is 2.74 bits per heavy atom. The number of likely N-dealkylation sites (tertiary alicyclic amines) is 1. The van der Waals surface area contributed by atoms with Gasteiger partial charge < -0.3 is 4.74 Å². The number of fused-ring (bicyclic) bond motifs is 1. The first-order chi connectivity index (χ1) is 9.35. The topological polar surface area (TPSA) is 25.4 Å². The van der Waals surface area contributed by atoms with Crippen molar-refractivity contribution < 1.29 is 4.74 Å². The van der Waals surface area contributed by atoms with Gasteiger partial charge in [-0.05, 0) is 55.3 Å². The fourth-order valence-electron chi connectivity index (χ4n) is 2.77. The lowest BCUT2D eigenvalue weighted by Gasteiger charge is -2.14. The number of hydrogen-bond acceptors (Lipinski definition) is 3. The maximum atomic E-state index is 5.17. The van der Waals surface area contributed by atoms with Crippen LogP contribution < -0.4 is 0 Å². The summed E-state index contributed by atoms with van der Waals surface area (Å²) < 4.78 is 5.17. The lowest BCUT2D eigenvalue weighted by Crippen LogP contribution is -2.18. The average Bonchev–Trinajstić information content (AvgIpc) is 2.92. The first kappa shape index (κ1) is 12.6. The Labute approximate surface area is 114 Å². The molecule has 3 heteroatoms. The highest BCUT2D eigenvalue weighted by atomic mass is 16.5. The predicted octanol–water partition coefficient (Wildman–Crippen LogP) is 2.98. The Bertz CT molecular complexity index is 562. The molecule has 100 valence electrons. The summed E-state index contributed by atoms with van der Waals surface area (Å²) in [6, 6.07) is 8.76. The van der Waals surface area contributed by atoms with E-state index in [2.05, 4.69) is 34.1 Å². The van der Waals surface area contributed by atoms with Crippen LogP contribution in [0.5, 0.6) is 0 Å². The molecular formula is C16H20N2O. The van der Waals surface area contributed by atoms with E-state index in [4.69, 9.17) is 4.74 Å². The molecule has 1 aliphatic heterocycles. The van der Waals surface area contributed by atoms with E-state index in [0.717, 1.165) is 17.6 Å². The third kappa shape index (κ3) is 2.94. The molecule has 3 nitrogen and oxygen atoms in total. The fraction of sp³-hybridized carbons (Fsp3) is 0.438. The van der Waals surface area contributed by atoms with Crippen LogP contribution in [-0.2, 0) is 17.9 Å². The van der Waals surface area contributed by atoms with Crippen LogP contribution >= 0.6 is 0 Å². The van der Waals surface area contributed by atoms with Gasteiger partial charge in [0.1, 0.15) is 0 Å². The lowest BCUT2D eigenvalue weighted by atomic mass is 10.1. The first-order valence-corrected chi connectivity index (χ1v) is 6.94. The molecule has 0 spiro atoms. The third-order valence-electron chi connectivity index (χ3n) is 3.72. The molecular weight excluding hydrogens is 236 g/mol. The van der Waals surface area contributed by atoms with Crippen molar-refractivity contribution in [1.29, 1.82) is 0 Å². The van der Waals surface area contributed by atoms with Gasteiger partial charge in [0.2, 0.25) is 0 Å². The molecule has 3 rings (SSSR count). The van der Waals surface area contributed by atoms with Crippen molar-refractivity contribution in [1.82, 2.24) is 9.88 Å². The highest BCUT2D eigenvalue weighted by molar-refractivity contribution is 5.79. The molecule has 0 bridgehead atoms. The molecule has 19 heavy (non-hydrogen) atoms. The maximum Gasteiger partial charge on any atom is 0.0728 e. The zero-order valence-electron chi connectivity index (χ0n) is 11.4. The fourth-order valence-corrected chi connectivity index (χ4v) is 2.77. The Hall–Kier alpha value is -1.45. The van der Waals surface area contributed by atoms with Crippen molar-refractivity contribution in [3.05, 3.63) is 41.6 Å². The summed E-state index contributed by atoms with van der Waals surface area (Å²) in [5.41, 5.74) is 3.57. The summed E-state index contributed by atoms with van der Waals surface area (Å²) in [5.74, 6) is 0. The number of aromatic nitrogens is 1. The maximum absolute atomic E-state index is 5.17. The van der Waals surface area contributed by atoms with Crippen molar-refractivity contribution in [2.24, 2.45) is 0 Å². The Morgan fingerprint density at radius 1 is 1.16 bits per heavy atom. The van der Waals surface area contributed by atoms with E-state index >= 15 is 0 Å². The second-order valence-corrected chi connectivity index (χ2v) is 5.29. The quantitative estimate of drug-likeness (QED) is 0.841. The summed E-state index contributed by atoms with van der Waals surface area (Å²) in [6.45, 7) is 4.16. The Balaban J connectivity index is 1.85. The second-order valence-electron chi connectivity index (χ2n) is 5.29. The van der Waals surface area contributed by atoms with Crippen molar-refractivity contribution in [3.8, 4) is 0 Å². The van der Waals surface area contributed by atoms with Crippen molar-refractivity contribution in [2.75, 3.05) is 20.2 Å². The van der Waals surface area contributed by atoms with Crippen LogP contribution in [0, 0.1) is 0 Å². The highest BCUT2D eigenvalue weighted by Crippen LogP contribution is 2.19. The molecule has 1 saturated heterocycles. The number of rotatable bonds is 4. The van der Waals surface area contributed by atoms with Crippen molar-refractivity contribution in [2.45, 2.75) is 26.0 Å². The summed E-state index contributed by atoms with van der Waals surface area (Å²) in [7, 11) is 1.72. The summed E-state index contributed by atoms with van der Waals surface area (Å²) in [5, 5.41) is 1.21. The minimum atomic E-state index is 0.624. The normalized spacial score (nSPS) is 16.3. The molecule has 1 aromatic carbocycles. The third-order valence-corrected chi connectivity index (χ3v) is 3.72. The van der Waals surface area contributed by atoms with Crippen LogP contribution in [0.3, 0.4) is 0 Å². The number of methoxy groups -OCH3 is 1. The summed E-state index contributed by atoms with van der Waals surface area (Å²) in [4.78, 5) is 7.00. The minimum Gasteiger partial charge on any atom is -0.380 e. The zero-order valence-corrected chi connectivity index (χ0v) is 11.4. The molecule has 0 N–H and O–H groups in total. The molecule has 1 fully saturated rings. The Kier molecular flexibility index (Phi) is 3.76. The van der Waals surface area contributed by atoms with E-state index < -0.39 is 0 Å². The van der Waals surface area contributed by atoms with E-state index in [9.17, 15) is 0 Å². The molecule has 1 aliphatic rings. The van der Waals surface area contributed by atoms with Gasteiger partial charge in [-0.25, -0.2) is 0 Å². The molecule has 0 aliphatic carbocycles. The Morgan fingerprint density at radius 2 is 1.95 bits per heavy atom. The highest BCUT2D eigenvalue weighted by Gasteiger charge is 2.11. The zero-order chi connectivity index (χ0) is 13.1. The van der Waals surface area contributed by atoms with Gasteiger partial charge in [-0.3, -0.25) is 9.88 Å². The lowest BCUT2D eigenvalue weighted by molar-refractivity contribution is 0.185. The van der Waals surface area contributed by atoms with Crippen molar-refractivity contribution in [3.63, 3.8) is 0 Å². The monoisotopic (exact) mass is 256 g/mol. The van der Waals surface area contributed by atoms with Crippen LogP contribution in [0.1, 0.15) is 24.0 Å². The SMILES string of the molecule is COCc1cnc2ccc(CN3CCCC3)cc2c1. The summed E-state index contributed by atoms with van der Waals surface area (Å²) in [6.07, 6.45) is 4.58. The van der Waals surface area contributed by atoms with Crippen molar-refractivity contribution >= 4 is 10.9 Å². The minimum absolute atomic E-state index is 0.624. The average molecular weight is 256 g/mol. The van der Waals surface area contributed by atoms with E-state index in [1.54, 1.807) is 7.11 Å². The van der Waals surface area contributed by atoms with Gasteiger partial charge in [-0.15, -0.1) is 0 Å². The van der Waals surface area contributed by atoms with Gasteiger partial charge >= 0.3 is 0 Å². The van der Waals surface area contributed by atoms with E-state index in [-0.39, 0.29) is 0 Å². The summed E-state index contributed by atoms with van der Waals surface area (Å²) >= 11 is 0. The number of ether oxygens (including phenoxy) is 1. The van der Waals surface area contributed by atoms with Crippen LogP contribution in [0.4, 0.5) is 0 Å². The molecule has 0 radical (unpaired) electrons. The molecule has 0 saturated carbocycles. The molecule has 0 unspecified atom stereocenters. The van der Waals surface area contributed by atoms with Gasteiger partial charge in [0.25, 0.3) is 0 Å². The van der Waals surface area contributed by atoms with Crippen LogP contribution in [0.15, 0.2) is 30.5 Å². The number of pyridine rings is 1. The number of nitrogens with zero attached hydrogens (tertiary/aromatic N) is 2. The van der Waals surface area contributed by atoms with Crippen LogP contribution in [-0.4, -0.2) is 30.1 Å². The largest absolute Gasteiger partial charge is 0.380 e. The van der Waals surface area contributed by atoms with Gasteiger partial charge in [0, 0.05) is 25.2 Å². The molecule has 2 aromatic rings. The van der Waals surface area contributed by atoms with Crippen LogP contribution in [0.25, 0.3) is 10.9 Å². The van der Waals surface area contributed by atoms with Gasteiger partial charge in [0.15, 0.2) is 0 Å². The number of benzene rings is 1.